The van der Waals surface area contributed by atoms with E-state index in [0.717, 1.165) is 57.8 Å². The number of piperidine rings is 1. The van der Waals surface area contributed by atoms with Crippen molar-refractivity contribution in [3.63, 3.8) is 0 Å². The van der Waals surface area contributed by atoms with Crippen molar-refractivity contribution in [2.45, 2.75) is 26.2 Å². The minimum absolute atomic E-state index is 0.0360. The van der Waals surface area contributed by atoms with Gasteiger partial charge in [0.25, 0.3) is 5.91 Å². The van der Waals surface area contributed by atoms with Gasteiger partial charge in [-0.3, -0.25) is 14.6 Å². The average Bonchev–Trinajstić information content (AvgIpc) is 2.62. The lowest BCUT2D eigenvalue weighted by molar-refractivity contribution is -0.129. The second-order valence-electron chi connectivity index (χ2n) is 6.25. The molecule has 0 atom stereocenters. The molecule has 2 aliphatic heterocycles. The van der Waals surface area contributed by atoms with Crippen LogP contribution in [-0.4, -0.2) is 65.9 Å². The number of aromatic nitrogens is 1. The quantitative estimate of drug-likeness (QED) is 0.827. The first-order chi connectivity index (χ1) is 11.1. The Balaban J connectivity index is 1.68. The first-order valence-electron chi connectivity index (χ1n) is 8.41. The Kier molecular flexibility index (Phi) is 4.79. The van der Waals surface area contributed by atoms with Crippen LogP contribution >= 0.6 is 0 Å². The third-order valence-electron chi connectivity index (χ3n) is 4.70. The molecule has 0 N–H and O–H groups in total. The van der Waals surface area contributed by atoms with Crippen molar-refractivity contribution < 1.29 is 9.59 Å². The van der Waals surface area contributed by atoms with Gasteiger partial charge in [-0.1, -0.05) is 0 Å². The molecule has 0 unspecified atom stereocenters. The van der Waals surface area contributed by atoms with E-state index in [1.54, 1.807) is 13.1 Å². The van der Waals surface area contributed by atoms with Gasteiger partial charge in [0, 0.05) is 58.1 Å². The fourth-order valence-corrected chi connectivity index (χ4v) is 3.27. The number of amides is 2. The van der Waals surface area contributed by atoms with Crippen molar-refractivity contribution in [1.29, 1.82) is 0 Å². The Morgan fingerprint density at radius 3 is 2.30 bits per heavy atom. The summed E-state index contributed by atoms with van der Waals surface area (Å²) in [4.78, 5) is 34.2. The monoisotopic (exact) mass is 316 g/mol. The molecule has 2 fully saturated rings. The summed E-state index contributed by atoms with van der Waals surface area (Å²) in [5, 5.41) is 0. The first-order valence-corrected chi connectivity index (χ1v) is 8.41. The molecule has 1 aromatic rings. The van der Waals surface area contributed by atoms with Gasteiger partial charge in [-0.25, -0.2) is 0 Å². The molecular weight excluding hydrogens is 292 g/mol. The smallest absolute Gasteiger partial charge is 0.272 e. The van der Waals surface area contributed by atoms with Crippen LogP contribution in [0.2, 0.25) is 0 Å². The minimum atomic E-state index is 0.0360. The third-order valence-corrected chi connectivity index (χ3v) is 4.70. The molecule has 3 heterocycles. The Morgan fingerprint density at radius 1 is 0.957 bits per heavy atom. The number of carbonyl (C=O) groups is 2. The molecule has 0 saturated carbocycles. The molecule has 2 amide bonds. The van der Waals surface area contributed by atoms with E-state index in [9.17, 15) is 9.59 Å². The van der Waals surface area contributed by atoms with Crippen molar-refractivity contribution in [3.05, 3.63) is 24.0 Å². The van der Waals surface area contributed by atoms with Crippen LogP contribution in [0.4, 0.5) is 5.69 Å². The zero-order valence-corrected chi connectivity index (χ0v) is 13.7. The molecular formula is C17H24N4O2. The number of rotatable bonds is 2. The summed E-state index contributed by atoms with van der Waals surface area (Å²) in [6, 6.07) is 3.83. The highest BCUT2D eigenvalue weighted by Crippen LogP contribution is 2.19. The maximum absolute atomic E-state index is 12.6. The summed E-state index contributed by atoms with van der Waals surface area (Å²) < 4.78 is 0. The lowest BCUT2D eigenvalue weighted by Crippen LogP contribution is -2.48. The van der Waals surface area contributed by atoms with Crippen molar-refractivity contribution in [3.8, 4) is 0 Å². The summed E-state index contributed by atoms with van der Waals surface area (Å²) >= 11 is 0. The fourth-order valence-electron chi connectivity index (χ4n) is 3.27. The fraction of sp³-hybridized carbons (Fsp3) is 0.588. The van der Waals surface area contributed by atoms with Crippen LogP contribution in [0.1, 0.15) is 36.7 Å². The van der Waals surface area contributed by atoms with Gasteiger partial charge in [-0.05, 0) is 31.4 Å². The SMILES string of the molecule is CC(=O)N1CCN(c2ccnc(C(=O)N3CCCCC3)c2)CC1. The van der Waals surface area contributed by atoms with Crippen LogP contribution in [0.3, 0.4) is 0 Å². The maximum Gasteiger partial charge on any atom is 0.272 e. The molecule has 6 nitrogen and oxygen atoms in total. The summed E-state index contributed by atoms with van der Waals surface area (Å²) in [6.45, 7) is 6.32. The van der Waals surface area contributed by atoms with E-state index in [1.165, 1.54) is 6.42 Å². The Hall–Kier alpha value is -2.11. The van der Waals surface area contributed by atoms with Crippen LogP contribution in [0.25, 0.3) is 0 Å². The molecule has 3 rings (SSSR count). The van der Waals surface area contributed by atoms with E-state index >= 15 is 0 Å². The van der Waals surface area contributed by atoms with E-state index in [2.05, 4.69) is 9.88 Å². The average molecular weight is 316 g/mol. The zero-order chi connectivity index (χ0) is 16.2. The molecule has 0 radical (unpaired) electrons. The van der Waals surface area contributed by atoms with Crippen LogP contribution in [0.15, 0.2) is 18.3 Å². The van der Waals surface area contributed by atoms with Crippen molar-refractivity contribution in [2.75, 3.05) is 44.2 Å². The molecule has 0 aromatic carbocycles. The highest BCUT2D eigenvalue weighted by Gasteiger charge is 2.22. The normalized spacial score (nSPS) is 18.9. The molecule has 2 aliphatic rings. The number of pyridine rings is 1. The number of carbonyl (C=O) groups excluding carboxylic acids is 2. The predicted molar refractivity (Wildman–Crippen MR) is 88.5 cm³/mol. The van der Waals surface area contributed by atoms with Crippen LogP contribution in [-0.2, 0) is 4.79 Å². The number of hydrogen-bond acceptors (Lipinski definition) is 4. The van der Waals surface area contributed by atoms with Gasteiger partial charge < -0.3 is 14.7 Å². The molecule has 6 heteroatoms. The molecule has 2 saturated heterocycles. The number of anilines is 1. The Morgan fingerprint density at radius 2 is 1.65 bits per heavy atom. The first kappa shape index (κ1) is 15.8. The lowest BCUT2D eigenvalue weighted by atomic mass is 10.1. The van der Waals surface area contributed by atoms with Gasteiger partial charge in [-0.2, -0.15) is 0 Å². The topological polar surface area (TPSA) is 56.8 Å². The Labute approximate surface area is 137 Å². The van der Waals surface area contributed by atoms with Crippen LogP contribution in [0, 0.1) is 0 Å². The molecule has 1 aromatic heterocycles. The summed E-state index contributed by atoms with van der Waals surface area (Å²) in [6.07, 6.45) is 5.08. The van der Waals surface area contributed by atoms with Crippen molar-refractivity contribution in [1.82, 2.24) is 14.8 Å². The van der Waals surface area contributed by atoms with Gasteiger partial charge in [0.15, 0.2) is 0 Å². The van der Waals surface area contributed by atoms with Gasteiger partial charge in [-0.15, -0.1) is 0 Å². The number of likely N-dealkylation sites (tertiary alicyclic amines) is 1. The standard InChI is InChI=1S/C17H24N4O2/c1-14(22)19-9-11-20(12-10-19)15-5-6-18-16(13-15)17(23)21-7-3-2-4-8-21/h5-6,13H,2-4,7-12H2,1H3. The maximum atomic E-state index is 12.6. The highest BCUT2D eigenvalue weighted by atomic mass is 16.2. The van der Waals surface area contributed by atoms with E-state index in [0.29, 0.717) is 5.69 Å². The number of nitrogens with zero attached hydrogens (tertiary/aromatic N) is 4. The molecule has 0 spiro atoms. The number of piperazine rings is 1. The largest absolute Gasteiger partial charge is 0.368 e. The van der Waals surface area contributed by atoms with E-state index < -0.39 is 0 Å². The predicted octanol–water partition coefficient (Wildman–Crippen LogP) is 1.38. The summed E-state index contributed by atoms with van der Waals surface area (Å²) in [5.41, 5.74) is 1.54. The molecule has 124 valence electrons. The second kappa shape index (κ2) is 6.98. The van der Waals surface area contributed by atoms with E-state index in [-0.39, 0.29) is 11.8 Å². The van der Waals surface area contributed by atoms with Crippen molar-refractivity contribution in [2.24, 2.45) is 0 Å². The number of hydrogen-bond donors (Lipinski definition) is 0. The van der Waals surface area contributed by atoms with Gasteiger partial charge in [0.1, 0.15) is 5.69 Å². The summed E-state index contributed by atoms with van der Waals surface area (Å²) in [7, 11) is 0. The van der Waals surface area contributed by atoms with E-state index in [1.807, 2.05) is 21.9 Å². The van der Waals surface area contributed by atoms with Crippen molar-refractivity contribution >= 4 is 17.5 Å². The molecule has 0 aliphatic carbocycles. The zero-order valence-electron chi connectivity index (χ0n) is 13.7. The second-order valence-corrected chi connectivity index (χ2v) is 6.25. The highest BCUT2D eigenvalue weighted by molar-refractivity contribution is 5.93. The van der Waals surface area contributed by atoms with Gasteiger partial charge >= 0.3 is 0 Å². The molecule has 23 heavy (non-hydrogen) atoms. The van der Waals surface area contributed by atoms with Gasteiger partial charge in [0.05, 0.1) is 0 Å². The minimum Gasteiger partial charge on any atom is -0.368 e. The summed E-state index contributed by atoms with van der Waals surface area (Å²) in [5.74, 6) is 0.161. The van der Waals surface area contributed by atoms with Crippen LogP contribution in [0.5, 0.6) is 0 Å². The van der Waals surface area contributed by atoms with E-state index in [4.69, 9.17) is 0 Å². The van der Waals surface area contributed by atoms with Crippen LogP contribution < -0.4 is 4.90 Å². The lowest BCUT2D eigenvalue weighted by Gasteiger charge is -2.35. The van der Waals surface area contributed by atoms with Gasteiger partial charge in [0.2, 0.25) is 5.91 Å². The molecule has 0 bridgehead atoms. The Bertz CT molecular complexity index is 576. The third kappa shape index (κ3) is 3.63.